The third kappa shape index (κ3) is 2.80. The van der Waals surface area contributed by atoms with Crippen molar-refractivity contribution in [2.75, 3.05) is 19.6 Å². The number of aryl methyl sites for hydroxylation is 1. The number of aromatic nitrogens is 3. The Balaban J connectivity index is 1.79. The van der Waals surface area contributed by atoms with Gasteiger partial charge in [-0.3, -0.25) is 4.90 Å². The van der Waals surface area contributed by atoms with Gasteiger partial charge < -0.3 is 9.88 Å². The molecule has 5 heteroatoms. The van der Waals surface area contributed by atoms with Crippen molar-refractivity contribution < 1.29 is 0 Å². The Bertz CT molecular complexity index is 322. The van der Waals surface area contributed by atoms with Gasteiger partial charge in [0.1, 0.15) is 12.2 Å². The molecule has 90 valence electrons. The second-order valence-corrected chi connectivity index (χ2v) is 4.53. The normalized spacial score (nSPS) is 21.8. The SMILES string of the molecule is CCCNC1CCN(Cc2nncn2C)C1. The molecule has 2 heterocycles. The van der Waals surface area contributed by atoms with Crippen molar-refractivity contribution >= 4 is 0 Å². The van der Waals surface area contributed by atoms with Crippen LogP contribution in [0.3, 0.4) is 0 Å². The smallest absolute Gasteiger partial charge is 0.146 e. The summed E-state index contributed by atoms with van der Waals surface area (Å²) >= 11 is 0. The van der Waals surface area contributed by atoms with Crippen LogP contribution in [0.5, 0.6) is 0 Å². The maximum absolute atomic E-state index is 4.12. The van der Waals surface area contributed by atoms with E-state index in [4.69, 9.17) is 0 Å². The predicted molar refractivity (Wildman–Crippen MR) is 63.0 cm³/mol. The first-order valence-electron chi connectivity index (χ1n) is 6.08. The van der Waals surface area contributed by atoms with Crippen molar-refractivity contribution in [3.05, 3.63) is 12.2 Å². The highest BCUT2D eigenvalue weighted by atomic mass is 15.3. The lowest BCUT2D eigenvalue weighted by Gasteiger charge is -2.15. The van der Waals surface area contributed by atoms with Gasteiger partial charge in [0.15, 0.2) is 0 Å². The number of likely N-dealkylation sites (tertiary alicyclic amines) is 1. The Morgan fingerprint density at radius 2 is 2.44 bits per heavy atom. The van der Waals surface area contributed by atoms with Crippen molar-refractivity contribution in [2.24, 2.45) is 7.05 Å². The van der Waals surface area contributed by atoms with Crippen LogP contribution in [0.25, 0.3) is 0 Å². The summed E-state index contributed by atoms with van der Waals surface area (Å²) in [6.07, 6.45) is 4.22. The average molecular weight is 223 g/mol. The summed E-state index contributed by atoms with van der Waals surface area (Å²) in [6, 6.07) is 0.660. The Morgan fingerprint density at radius 1 is 1.56 bits per heavy atom. The van der Waals surface area contributed by atoms with Gasteiger partial charge >= 0.3 is 0 Å². The second-order valence-electron chi connectivity index (χ2n) is 4.53. The van der Waals surface area contributed by atoms with E-state index >= 15 is 0 Å². The van der Waals surface area contributed by atoms with Crippen LogP contribution < -0.4 is 5.32 Å². The molecule has 1 aliphatic heterocycles. The molecule has 0 saturated carbocycles. The fourth-order valence-electron chi connectivity index (χ4n) is 2.14. The first-order valence-corrected chi connectivity index (χ1v) is 6.08. The monoisotopic (exact) mass is 223 g/mol. The van der Waals surface area contributed by atoms with E-state index in [-0.39, 0.29) is 0 Å². The van der Waals surface area contributed by atoms with Gasteiger partial charge in [-0.05, 0) is 19.4 Å². The van der Waals surface area contributed by atoms with E-state index in [1.165, 1.54) is 12.8 Å². The number of nitrogens with zero attached hydrogens (tertiary/aromatic N) is 4. The van der Waals surface area contributed by atoms with E-state index in [9.17, 15) is 0 Å². The molecule has 1 unspecified atom stereocenters. The van der Waals surface area contributed by atoms with Crippen LogP contribution >= 0.6 is 0 Å². The van der Waals surface area contributed by atoms with Crippen LogP contribution in [0.15, 0.2) is 6.33 Å². The Labute approximate surface area is 96.8 Å². The molecule has 2 rings (SSSR count). The quantitative estimate of drug-likeness (QED) is 0.784. The van der Waals surface area contributed by atoms with Gasteiger partial charge in [0.05, 0.1) is 6.54 Å². The summed E-state index contributed by atoms with van der Waals surface area (Å²) in [4.78, 5) is 2.44. The van der Waals surface area contributed by atoms with Gasteiger partial charge in [0.25, 0.3) is 0 Å². The lowest BCUT2D eigenvalue weighted by Crippen LogP contribution is -2.33. The highest BCUT2D eigenvalue weighted by Gasteiger charge is 2.22. The lowest BCUT2D eigenvalue weighted by molar-refractivity contribution is 0.308. The molecular weight excluding hydrogens is 202 g/mol. The zero-order valence-corrected chi connectivity index (χ0v) is 10.2. The van der Waals surface area contributed by atoms with E-state index in [0.29, 0.717) is 6.04 Å². The molecule has 0 bridgehead atoms. The maximum Gasteiger partial charge on any atom is 0.146 e. The molecule has 1 saturated heterocycles. The highest BCUT2D eigenvalue weighted by molar-refractivity contribution is 4.88. The Morgan fingerprint density at radius 3 is 3.12 bits per heavy atom. The molecule has 0 aromatic carbocycles. The largest absolute Gasteiger partial charge is 0.320 e. The Kier molecular flexibility index (Phi) is 3.90. The summed E-state index contributed by atoms with van der Waals surface area (Å²) in [5.74, 6) is 1.05. The van der Waals surface area contributed by atoms with Crippen molar-refractivity contribution in [1.82, 2.24) is 25.0 Å². The first-order chi connectivity index (χ1) is 7.79. The topological polar surface area (TPSA) is 46.0 Å². The maximum atomic E-state index is 4.12. The number of rotatable bonds is 5. The second kappa shape index (κ2) is 5.41. The van der Waals surface area contributed by atoms with E-state index in [0.717, 1.165) is 32.0 Å². The van der Waals surface area contributed by atoms with Crippen LogP contribution in [0, 0.1) is 0 Å². The van der Waals surface area contributed by atoms with Crippen LogP contribution in [-0.4, -0.2) is 45.3 Å². The van der Waals surface area contributed by atoms with E-state index in [1.54, 1.807) is 6.33 Å². The molecule has 0 spiro atoms. The van der Waals surface area contributed by atoms with Crippen molar-refractivity contribution in [3.63, 3.8) is 0 Å². The van der Waals surface area contributed by atoms with E-state index in [2.05, 4.69) is 27.3 Å². The molecule has 0 amide bonds. The summed E-state index contributed by atoms with van der Waals surface area (Å²) in [6.45, 7) is 6.55. The lowest BCUT2D eigenvalue weighted by atomic mass is 10.2. The highest BCUT2D eigenvalue weighted by Crippen LogP contribution is 2.11. The van der Waals surface area contributed by atoms with E-state index in [1.807, 2.05) is 11.6 Å². The van der Waals surface area contributed by atoms with Crippen LogP contribution in [0.2, 0.25) is 0 Å². The predicted octanol–water partition coefficient (Wildman–Crippen LogP) is 0.389. The van der Waals surface area contributed by atoms with Crippen molar-refractivity contribution in [1.29, 1.82) is 0 Å². The number of hydrogen-bond acceptors (Lipinski definition) is 4. The molecule has 1 N–H and O–H groups in total. The zero-order chi connectivity index (χ0) is 11.4. The fourth-order valence-corrected chi connectivity index (χ4v) is 2.14. The number of nitrogens with one attached hydrogen (secondary N) is 1. The van der Waals surface area contributed by atoms with Gasteiger partial charge in [-0.15, -0.1) is 10.2 Å². The van der Waals surface area contributed by atoms with Crippen LogP contribution in [0.4, 0.5) is 0 Å². The summed E-state index contributed by atoms with van der Waals surface area (Å²) in [7, 11) is 2.00. The summed E-state index contributed by atoms with van der Waals surface area (Å²) in [5.41, 5.74) is 0. The summed E-state index contributed by atoms with van der Waals surface area (Å²) < 4.78 is 1.99. The van der Waals surface area contributed by atoms with Gasteiger partial charge in [0.2, 0.25) is 0 Å². The molecule has 1 aromatic rings. The molecule has 0 aliphatic carbocycles. The van der Waals surface area contributed by atoms with Crippen molar-refractivity contribution in [3.8, 4) is 0 Å². The summed E-state index contributed by atoms with van der Waals surface area (Å²) in [5, 5.41) is 11.6. The van der Waals surface area contributed by atoms with Crippen LogP contribution in [-0.2, 0) is 13.6 Å². The first kappa shape index (κ1) is 11.5. The Hall–Kier alpha value is -0.940. The molecule has 1 aliphatic rings. The minimum atomic E-state index is 0.660. The third-order valence-electron chi connectivity index (χ3n) is 3.13. The van der Waals surface area contributed by atoms with Gasteiger partial charge in [-0.1, -0.05) is 6.92 Å². The van der Waals surface area contributed by atoms with E-state index < -0.39 is 0 Å². The molecule has 0 radical (unpaired) electrons. The average Bonchev–Trinajstić information content (AvgIpc) is 2.87. The molecular formula is C11H21N5. The van der Waals surface area contributed by atoms with Gasteiger partial charge in [-0.2, -0.15) is 0 Å². The minimum absolute atomic E-state index is 0.660. The van der Waals surface area contributed by atoms with Crippen LogP contribution in [0.1, 0.15) is 25.6 Å². The standard InChI is InChI=1S/C11H21N5/c1-3-5-12-10-4-6-16(7-10)8-11-14-13-9-15(11)2/h9-10,12H,3-8H2,1-2H3. The van der Waals surface area contributed by atoms with Gasteiger partial charge in [0, 0.05) is 26.2 Å². The van der Waals surface area contributed by atoms with Crippen molar-refractivity contribution in [2.45, 2.75) is 32.4 Å². The third-order valence-corrected chi connectivity index (χ3v) is 3.13. The fraction of sp³-hybridized carbons (Fsp3) is 0.818. The zero-order valence-electron chi connectivity index (χ0n) is 10.2. The molecule has 5 nitrogen and oxygen atoms in total. The molecule has 1 aromatic heterocycles. The molecule has 16 heavy (non-hydrogen) atoms. The molecule has 1 fully saturated rings. The number of hydrogen-bond donors (Lipinski definition) is 1. The molecule has 1 atom stereocenters. The van der Waals surface area contributed by atoms with Gasteiger partial charge in [-0.25, -0.2) is 0 Å². The minimum Gasteiger partial charge on any atom is -0.320 e.